The standard InChI is InChI=1S/C25H22F2N4O/c1-14-11-15(2)13-16(12-14)29-25(32)31-10-8-17-18-5-4-9-28-24(18)30-22(17)23(31)21-19(26)6-3-7-20(21)27/h3-7,9,11-13,23H,8,10H2,1-2H3,(H,28,30)(H,29,32). The van der Waals surface area contributed by atoms with Crippen LogP contribution >= 0.6 is 0 Å². The molecular weight excluding hydrogens is 410 g/mol. The number of aromatic amines is 1. The third-order valence-corrected chi connectivity index (χ3v) is 5.91. The zero-order valence-electron chi connectivity index (χ0n) is 17.7. The zero-order valence-corrected chi connectivity index (χ0v) is 17.7. The molecule has 0 spiro atoms. The number of rotatable bonds is 2. The van der Waals surface area contributed by atoms with Crippen LogP contribution in [0, 0.1) is 25.5 Å². The normalized spacial score (nSPS) is 15.6. The Bertz CT molecular complexity index is 1310. The number of aromatic nitrogens is 2. The van der Waals surface area contributed by atoms with Gasteiger partial charge < -0.3 is 15.2 Å². The molecule has 0 saturated heterocycles. The lowest BCUT2D eigenvalue weighted by Gasteiger charge is -2.36. The Morgan fingerprint density at radius 1 is 1.09 bits per heavy atom. The maximum Gasteiger partial charge on any atom is 0.322 e. The molecule has 0 fully saturated rings. The third-order valence-electron chi connectivity index (χ3n) is 5.91. The molecule has 5 nitrogen and oxygen atoms in total. The van der Waals surface area contributed by atoms with Gasteiger partial charge in [0.1, 0.15) is 23.3 Å². The zero-order chi connectivity index (χ0) is 22.4. The van der Waals surface area contributed by atoms with Crippen LogP contribution in [-0.2, 0) is 6.42 Å². The first-order valence-electron chi connectivity index (χ1n) is 10.5. The number of amides is 2. The number of benzene rings is 2. The minimum atomic E-state index is -0.944. The fourth-order valence-corrected chi connectivity index (χ4v) is 4.65. The first-order chi connectivity index (χ1) is 15.4. The van der Waals surface area contributed by atoms with Crippen LogP contribution in [0.15, 0.2) is 54.7 Å². The van der Waals surface area contributed by atoms with Gasteiger partial charge in [0.15, 0.2) is 0 Å². The molecule has 2 N–H and O–H groups in total. The third kappa shape index (κ3) is 3.39. The van der Waals surface area contributed by atoms with Gasteiger partial charge in [-0.05, 0) is 73.4 Å². The maximum atomic E-state index is 14.9. The van der Waals surface area contributed by atoms with E-state index in [2.05, 4.69) is 15.3 Å². The van der Waals surface area contributed by atoms with Crippen molar-refractivity contribution in [3.63, 3.8) is 0 Å². The number of nitrogens with one attached hydrogen (secondary N) is 2. The number of urea groups is 1. The highest BCUT2D eigenvalue weighted by molar-refractivity contribution is 5.91. The molecule has 162 valence electrons. The van der Waals surface area contributed by atoms with Crippen molar-refractivity contribution in [1.29, 1.82) is 0 Å². The van der Waals surface area contributed by atoms with Gasteiger partial charge in [0.05, 0.1) is 5.56 Å². The minimum absolute atomic E-state index is 0.157. The lowest BCUT2D eigenvalue weighted by Crippen LogP contribution is -2.43. The smallest absolute Gasteiger partial charge is 0.322 e. The molecule has 4 aromatic rings. The van der Waals surface area contributed by atoms with Gasteiger partial charge in [-0.25, -0.2) is 18.6 Å². The van der Waals surface area contributed by atoms with Crippen molar-refractivity contribution >= 4 is 22.8 Å². The molecule has 3 heterocycles. The Balaban J connectivity index is 1.62. The average Bonchev–Trinajstić information content (AvgIpc) is 3.12. The lowest BCUT2D eigenvalue weighted by atomic mass is 9.92. The van der Waals surface area contributed by atoms with Crippen molar-refractivity contribution in [3.05, 3.63) is 94.3 Å². The Hall–Kier alpha value is -3.74. The summed E-state index contributed by atoms with van der Waals surface area (Å²) >= 11 is 0. The first kappa shape index (κ1) is 20.2. The predicted molar refractivity (Wildman–Crippen MR) is 120 cm³/mol. The van der Waals surface area contributed by atoms with E-state index in [-0.39, 0.29) is 5.56 Å². The van der Waals surface area contributed by atoms with Crippen molar-refractivity contribution in [2.45, 2.75) is 26.3 Å². The van der Waals surface area contributed by atoms with E-state index in [9.17, 15) is 13.6 Å². The largest absolute Gasteiger partial charge is 0.341 e. The molecule has 32 heavy (non-hydrogen) atoms. The highest BCUT2D eigenvalue weighted by atomic mass is 19.1. The van der Waals surface area contributed by atoms with Gasteiger partial charge in [-0.3, -0.25) is 0 Å². The predicted octanol–water partition coefficient (Wildman–Crippen LogP) is 5.64. The highest BCUT2D eigenvalue weighted by Crippen LogP contribution is 2.40. The number of fused-ring (bicyclic) bond motifs is 3. The Kier molecular flexibility index (Phi) is 4.89. The molecule has 1 aliphatic rings. The summed E-state index contributed by atoms with van der Waals surface area (Å²) in [6, 6.07) is 11.9. The number of hydrogen-bond donors (Lipinski definition) is 2. The quantitative estimate of drug-likeness (QED) is 0.431. The van der Waals surface area contributed by atoms with E-state index < -0.39 is 23.7 Å². The highest BCUT2D eigenvalue weighted by Gasteiger charge is 2.37. The number of pyridine rings is 1. The van der Waals surface area contributed by atoms with Crippen LogP contribution in [0.1, 0.15) is 34.0 Å². The maximum absolute atomic E-state index is 14.9. The molecule has 0 radical (unpaired) electrons. The number of carbonyl (C=O) groups is 1. The van der Waals surface area contributed by atoms with Crippen molar-refractivity contribution in [1.82, 2.24) is 14.9 Å². The summed E-state index contributed by atoms with van der Waals surface area (Å²) in [5, 5.41) is 3.81. The molecule has 2 amide bonds. The van der Waals surface area contributed by atoms with Crippen LogP contribution < -0.4 is 5.32 Å². The van der Waals surface area contributed by atoms with Gasteiger partial charge in [-0.1, -0.05) is 12.1 Å². The van der Waals surface area contributed by atoms with Gasteiger partial charge in [-0.2, -0.15) is 0 Å². The number of hydrogen-bond acceptors (Lipinski definition) is 2. The van der Waals surface area contributed by atoms with Gasteiger partial charge in [0.25, 0.3) is 0 Å². The summed E-state index contributed by atoms with van der Waals surface area (Å²) in [5.74, 6) is -1.39. The van der Waals surface area contributed by atoms with Crippen LogP contribution in [0.5, 0.6) is 0 Å². The molecule has 0 bridgehead atoms. The molecule has 1 unspecified atom stereocenters. The van der Waals surface area contributed by atoms with E-state index in [1.54, 1.807) is 6.20 Å². The average molecular weight is 432 g/mol. The molecule has 1 atom stereocenters. The summed E-state index contributed by atoms with van der Waals surface area (Å²) in [5.41, 5.74) is 4.66. The Labute approximate surface area is 184 Å². The Morgan fingerprint density at radius 3 is 2.53 bits per heavy atom. The van der Waals surface area contributed by atoms with Gasteiger partial charge >= 0.3 is 6.03 Å². The molecule has 2 aromatic heterocycles. The molecule has 0 saturated carbocycles. The van der Waals surface area contributed by atoms with Crippen LogP contribution in [-0.4, -0.2) is 27.4 Å². The van der Waals surface area contributed by atoms with Crippen LogP contribution in [0.4, 0.5) is 19.3 Å². The molecular formula is C25H22F2N4O. The van der Waals surface area contributed by atoms with E-state index in [4.69, 9.17) is 0 Å². The van der Waals surface area contributed by atoms with Crippen LogP contribution in [0.3, 0.4) is 0 Å². The van der Waals surface area contributed by atoms with Gasteiger partial charge in [0, 0.05) is 29.5 Å². The van der Waals surface area contributed by atoms with Crippen molar-refractivity contribution in [2.75, 3.05) is 11.9 Å². The van der Waals surface area contributed by atoms with E-state index in [1.165, 1.54) is 23.1 Å². The number of anilines is 1. The van der Waals surface area contributed by atoms with E-state index in [1.807, 2.05) is 44.2 Å². The summed E-state index contributed by atoms with van der Waals surface area (Å²) < 4.78 is 29.9. The molecule has 0 aliphatic carbocycles. The van der Waals surface area contributed by atoms with Crippen LogP contribution in [0.2, 0.25) is 0 Å². The lowest BCUT2D eigenvalue weighted by molar-refractivity contribution is 0.190. The second-order valence-corrected chi connectivity index (χ2v) is 8.20. The van der Waals surface area contributed by atoms with E-state index in [0.717, 1.165) is 22.1 Å². The summed E-state index contributed by atoms with van der Waals surface area (Å²) in [7, 11) is 0. The topological polar surface area (TPSA) is 61.0 Å². The van der Waals surface area contributed by atoms with Gasteiger partial charge in [-0.15, -0.1) is 0 Å². The number of halogens is 2. The second kappa shape index (κ2) is 7.75. The van der Waals surface area contributed by atoms with Gasteiger partial charge in [0.2, 0.25) is 0 Å². The number of nitrogens with zero attached hydrogens (tertiary/aromatic N) is 2. The fourth-order valence-electron chi connectivity index (χ4n) is 4.65. The summed E-state index contributed by atoms with van der Waals surface area (Å²) in [6.45, 7) is 4.21. The molecule has 2 aromatic carbocycles. The number of aryl methyl sites for hydroxylation is 2. The summed E-state index contributed by atoms with van der Waals surface area (Å²) in [4.78, 5) is 22.4. The van der Waals surface area contributed by atoms with E-state index in [0.29, 0.717) is 30.0 Å². The molecule has 1 aliphatic heterocycles. The van der Waals surface area contributed by atoms with Crippen molar-refractivity contribution in [2.24, 2.45) is 0 Å². The van der Waals surface area contributed by atoms with Crippen molar-refractivity contribution in [3.8, 4) is 0 Å². The van der Waals surface area contributed by atoms with Crippen LogP contribution in [0.25, 0.3) is 11.0 Å². The molecule has 7 heteroatoms. The van der Waals surface area contributed by atoms with Crippen molar-refractivity contribution < 1.29 is 13.6 Å². The first-order valence-corrected chi connectivity index (χ1v) is 10.5. The summed E-state index contributed by atoms with van der Waals surface area (Å²) in [6.07, 6.45) is 2.21. The fraction of sp³-hybridized carbons (Fsp3) is 0.200. The Morgan fingerprint density at radius 2 is 1.81 bits per heavy atom. The SMILES string of the molecule is Cc1cc(C)cc(NC(=O)N2CCc3c([nH]c4ncccc34)C2c2c(F)cccc2F)c1. The molecule has 5 rings (SSSR count). The second-order valence-electron chi connectivity index (χ2n) is 8.20. The van der Waals surface area contributed by atoms with E-state index >= 15 is 0 Å². The minimum Gasteiger partial charge on any atom is -0.341 e. The number of carbonyl (C=O) groups excluding carboxylic acids is 1. The number of H-pyrrole nitrogens is 1. The monoisotopic (exact) mass is 432 g/mol.